The minimum absolute atomic E-state index is 0.159. The van der Waals surface area contributed by atoms with E-state index in [0.29, 0.717) is 12.9 Å². The predicted molar refractivity (Wildman–Crippen MR) is 89.2 cm³/mol. The van der Waals surface area contributed by atoms with Crippen molar-refractivity contribution in [2.24, 2.45) is 5.73 Å². The van der Waals surface area contributed by atoms with E-state index in [-0.39, 0.29) is 18.4 Å². The zero-order chi connectivity index (χ0) is 18.1. The summed E-state index contributed by atoms with van der Waals surface area (Å²) >= 11 is 0. The van der Waals surface area contributed by atoms with Crippen molar-refractivity contribution in [3.8, 4) is 0 Å². The smallest absolute Gasteiger partial charge is 0.307 e. The van der Waals surface area contributed by atoms with Crippen LogP contribution in [0.3, 0.4) is 0 Å². The minimum Gasteiger partial charge on any atom is -0.461 e. The summed E-state index contributed by atoms with van der Waals surface area (Å²) in [5, 5.41) is 0. The van der Waals surface area contributed by atoms with E-state index in [1.165, 1.54) is 0 Å². The fraction of sp³-hybridized carbons (Fsp3) is 0.533. The zero-order valence-corrected chi connectivity index (χ0v) is 14.9. The highest BCUT2D eigenvalue weighted by molar-refractivity contribution is 7.85. The van der Waals surface area contributed by atoms with E-state index in [9.17, 15) is 13.2 Å². The fourth-order valence-electron chi connectivity index (χ4n) is 1.78. The Bertz CT molecular complexity index is 559. The normalized spacial score (nSPS) is 12.8. The molecule has 0 fully saturated rings. The number of ether oxygens (including phenoxy) is 1. The Morgan fingerprint density at radius 1 is 1.26 bits per heavy atom. The number of likely N-dealkylation sites (N-methyl/N-ethyl adjacent to an activating group) is 1. The first-order valence-electron chi connectivity index (χ1n) is 7.05. The minimum atomic E-state index is -3.67. The summed E-state index contributed by atoms with van der Waals surface area (Å²) in [7, 11) is 2.49. The van der Waals surface area contributed by atoms with E-state index in [2.05, 4.69) is 21.1 Å². The molecule has 0 aliphatic heterocycles. The molecule has 0 unspecified atom stereocenters. The van der Waals surface area contributed by atoms with Crippen molar-refractivity contribution in [1.82, 2.24) is 0 Å². The predicted octanol–water partition coefficient (Wildman–Crippen LogP) is 0.657. The van der Waals surface area contributed by atoms with Gasteiger partial charge in [-0.1, -0.05) is 30.3 Å². The van der Waals surface area contributed by atoms with Crippen LogP contribution >= 0.6 is 0 Å². The van der Waals surface area contributed by atoms with Crippen LogP contribution in [0, 0.1) is 0 Å². The molecule has 0 radical (unpaired) electrons. The number of benzene rings is 1. The van der Waals surface area contributed by atoms with Gasteiger partial charge in [-0.05, 0) is 5.56 Å². The Kier molecular flexibility index (Phi) is 8.99. The molecular weight excluding hydrogens is 320 g/mol. The van der Waals surface area contributed by atoms with Crippen LogP contribution in [0.2, 0.25) is 0 Å². The molecule has 0 aliphatic carbocycles. The van der Waals surface area contributed by atoms with E-state index in [4.69, 9.17) is 15.0 Å². The lowest BCUT2D eigenvalue weighted by molar-refractivity contribution is -0.871. The number of esters is 1. The number of hydrogen-bond acceptors (Lipinski definition) is 5. The zero-order valence-electron chi connectivity index (χ0n) is 14.1. The standard InChI is InChI=1S/C14H23N2O2.CH4O3S/c1-16(2,3)10-13(15)9-14(17)18-11-12-7-5-4-6-8-12;1-5(2,3)4/h4-8,13H,9-11,15H2,1-3H3;1H3,(H,2,3,4)/q+1;/t13-;/m1./s1. The van der Waals surface area contributed by atoms with Gasteiger partial charge in [0, 0.05) is 0 Å². The molecule has 0 aromatic heterocycles. The molecule has 0 saturated carbocycles. The number of carbonyl (C=O) groups excluding carboxylic acids is 1. The van der Waals surface area contributed by atoms with Crippen molar-refractivity contribution < 1.29 is 27.0 Å². The number of nitrogens with zero attached hydrogens (tertiary/aromatic N) is 1. The van der Waals surface area contributed by atoms with Crippen LogP contribution in [0.5, 0.6) is 0 Å². The van der Waals surface area contributed by atoms with Crippen LogP contribution in [0.1, 0.15) is 12.0 Å². The molecule has 0 bridgehead atoms. The molecule has 0 heterocycles. The van der Waals surface area contributed by atoms with Crippen molar-refractivity contribution >= 4 is 16.1 Å². The van der Waals surface area contributed by atoms with Gasteiger partial charge < -0.3 is 15.0 Å². The maximum absolute atomic E-state index is 11.6. The SMILES string of the molecule is CS(=O)(=O)O.C[N+](C)(C)C[C@H](N)CC(=O)OCc1ccccc1. The Hall–Kier alpha value is -1.48. The van der Waals surface area contributed by atoms with Gasteiger partial charge in [0.2, 0.25) is 0 Å². The van der Waals surface area contributed by atoms with Crippen LogP contribution in [0.4, 0.5) is 0 Å². The van der Waals surface area contributed by atoms with Crippen LogP contribution in [-0.4, -0.2) is 63.4 Å². The van der Waals surface area contributed by atoms with Gasteiger partial charge in [0.25, 0.3) is 10.1 Å². The first-order chi connectivity index (χ1) is 10.4. The second kappa shape index (κ2) is 9.61. The largest absolute Gasteiger partial charge is 0.461 e. The summed E-state index contributed by atoms with van der Waals surface area (Å²) in [4.78, 5) is 11.6. The van der Waals surface area contributed by atoms with Gasteiger partial charge in [0.05, 0.1) is 46.4 Å². The van der Waals surface area contributed by atoms with E-state index in [0.717, 1.165) is 16.6 Å². The van der Waals surface area contributed by atoms with Crippen molar-refractivity contribution in [3.05, 3.63) is 35.9 Å². The maximum atomic E-state index is 11.6. The Morgan fingerprint density at radius 2 is 1.74 bits per heavy atom. The number of nitrogens with two attached hydrogens (primary N) is 1. The summed E-state index contributed by atoms with van der Waals surface area (Å²) in [5.74, 6) is -0.236. The summed E-state index contributed by atoms with van der Waals surface area (Å²) in [6.07, 6.45) is 0.982. The van der Waals surface area contributed by atoms with Gasteiger partial charge in [-0.25, -0.2) is 0 Å². The maximum Gasteiger partial charge on any atom is 0.307 e. The quantitative estimate of drug-likeness (QED) is 0.445. The van der Waals surface area contributed by atoms with Crippen LogP contribution < -0.4 is 5.73 Å². The lowest BCUT2D eigenvalue weighted by atomic mass is 10.2. The molecule has 8 heteroatoms. The first-order valence-corrected chi connectivity index (χ1v) is 8.89. The molecule has 7 nitrogen and oxygen atoms in total. The highest BCUT2D eigenvalue weighted by Crippen LogP contribution is 2.03. The third-order valence-electron chi connectivity index (χ3n) is 2.45. The average molecular weight is 347 g/mol. The number of rotatable bonds is 6. The van der Waals surface area contributed by atoms with E-state index >= 15 is 0 Å². The Labute approximate surface area is 138 Å². The van der Waals surface area contributed by atoms with Gasteiger partial charge in [-0.3, -0.25) is 9.35 Å². The van der Waals surface area contributed by atoms with Crippen molar-refractivity contribution in [3.63, 3.8) is 0 Å². The van der Waals surface area contributed by atoms with Crippen LogP contribution in [-0.2, 0) is 26.3 Å². The topological polar surface area (TPSA) is 107 Å². The van der Waals surface area contributed by atoms with Crippen molar-refractivity contribution in [2.45, 2.75) is 19.1 Å². The highest BCUT2D eigenvalue weighted by atomic mass is 32.2. The summed E-state index contributed by atoms with van der Waals surface area (Å²) in [6.45, 7) is 1.07. The first kappa shape index (κ1) is 21.5. The number of carbonyl (C=O) groups is 1. The van der Waals surface area contributed by atoms with Crippen molar-refractivity contribution in [1.29, 1.82) is 0 Å². The molecule has 132 valence electrons. The lowest BCUT2D eigenvalue weighted by Gasteiger charge is -2.26. The van der Waals surface area contributed by atoms with Crippen LogP contribution in [0.15, 0.2) is 30.3 Å². The van der Waals surface area contributed by atoms with E-state index < -0.39 is 10.1 Å². The van der Waals surface area contributed by atoms with Crippen LogP contribution in [0.25, 0.3) is 0 Å². The molecule has 3 N–H and O–H groups in total. The molecule has 0 saturated heterocycles. The molecule has 0 aliphatic rings. The molecule has 23 heavy (non-hydrogen) atoms. The molecule has 0 spiro atoms. The summed E-state index contributed by atoms with van der Waals surface area (Å²) < 4.78 is 31.8. The molecule has 0 amide bonds. The molecular formula is C15H27N2O5S+. The fourth-order valence-corrected chi connectivity index (χ4v) is 1.78. The van der Waals surface area contributed by atoms with E-state index in [1.807, 2.05) is 30.3 Å². The molecule has 1 aromatic rings. The second-order valence-corrected chi connectivity index (χ2v) is 7.78. The van der Waals surface area contributed by atoms with Gasteiger partial charge in [0.1, 0.15) is 6.61 Å². The highest BCUT2D eigenvalue weighted by Gasteiger charge is 2.18. The molecule has 1 rings (SSSR count). The van der Waals surface area contributed by atoms with Gasteiger partial charge in [-0.2, -0.15) is 8.42 Å². The summed E-state index contributed by atoms with van der Waals surface area (Å²) in [5.41, 5.74) is 6.90. The van der Waals surface area contributed by atoms with Crippen molar-refractivity contribution in [2.75, 3.05) is 33.9 Å². The molecule has 1 atom stereocenters. The third kappa shape index (κ3) is 16.7. The third-order valence-corrected chi connectivity index (χ3v) is 2.45. The van der Waals surface area contributed by atoms with Gasteiger partial charge in [-0.15, -0.1) is 0 Å². The second-order valence-electron chi connectivity index (χ2n) is 6.32. The monoisotopic (exact) mass is 347 g/mol. The average Bonchev–Trinajstić information content (AvgIpc) is 2.33. The van der Waals surface area contributed by atoms with Gasteiger partial charge in [0.15, 0.2) is 0 Å². The Morgan fingerprint density at radius 3 is 2.17 bits per heavy atom. The number of hydrogen-bond donors (Lipinski definition) is 2. The molecule has 1 aromatic carbocycles. The van der Waals surface area contributed by atoms with Gasteiger partial charge >= 0.3 is 5.97 Å². The Balaban J connectivity index is 0.000000841. The lowest BCUT2D eigenvalue weighted by Crippen LogP contribution is -2.45. The summed E-state index contributed by atoms with van der Waals surface area (Å²) in [6, 6.07) is 9.48. The number of quaternary nitrogens is 1. The van der Waals surface area contributed by atoms with E-state index in [1.54, 1.807) is 0 Å².